The van der Waals surface area contributed by atoms with E-state index < -0.39 is 0 Å². The van der Waals surface area contributed by atoms with Gasteiger partial charge in [-0.2, -0.15) is 0 Å². The molecule has 0 heterocycles. The van der Waals surface area contributed by atoms with Crippen LogP contribution in [0, 0.1) is 6.92 Å². The molecule has 1 nitrogen and oxygen atoms in total. The lowest BCUT2D eigenvalue weighted by Gasteiger charge is -2.17. The van der Waals surface area contributed by atoms with Crippen molar-refractivity contribution < 1.29 is 4.79 Å². The maximum atomic E-state index is 11.2. The van der Waals surface area contributed by atoms with Gasteiger partial charge in [-0.1, -0.05) is 22.0 Å². The first-order valence-corrected chi connectivity index (χ1v) is 5.26. The van der Waals surface area contributed by atoms with E-state index in [1.807, 2.05) is 0 Å². The van der Waals surface area contributed by atoms with Crippen molar-refractivity contribution >= 4 is 21.7 Å². The van der Waals surface area contributed by atoms with Crippen molar-refractivity contribution in [3.8, 4) is 0 Å². The number of rotatable bonds is 0. The van der Waals surface area contributed by atoms with Crippen LogP contribution in [0.4, 0.5) is 0 Å². The average Bonchev–Trinajstić information content (AvgIpc) is 2.02. The number of Topliss-reactive ketones (excluding diaryl/α,β-unsaturated/α-hetero) is 1. The van der Waals surface area contributed by atoms with Crippen LogP contribution in [0.2, 0.25) is 0 Å². The van der Waals surface area contributed by atoms with E-state index in [2.05, 4.69) is 35.0 Å². The zero-order valence-electron chi connectivity index (χ0n) is 7.56. The largest absolute Gasteiger partial charge is 0.299 e. The zero-order valence-corrected chi connectivity index (χ0v) is 9.15. The minimum absolute atomic E-state index is 0.366. The van der Waals surface area contributed by atoms with Gasteiger partial charge in [-0.3, -0.25) is 4.79 Å². The molecule has 1 aliphatic carbocycles. The second-order valence-electron chi connectivity index (χ2n) is 3.60. The fourth-order valence-corrected chi connectivity index (χ4v) is 2.66. The summed E-state index contributed by atoms with van der Waals surface area (Å²) in [5, 5.41) is 0. The first kappa shape index (κ1) is 8.95. The van der Waals surface area contributed by atoms with Crippen LogP contribution in [0.1, 0.15) is 23.1 Å². The van der Waals surface area contributed by atoms with Crippen LogP contribution in [0.5, 0.6) is 0 Å². The lowest BCUT2D eigenvalue weighted by atomic mass is 9.90. The van der Waals surface area contributed by atoms with Crippen LogP contribution in [-0.4, -0.2) is 5.78 Å². The van der Waals surface area contributed by atoms with Crippen molar-refractivity contribution in [2.24, 2.45) is 0 Å². The average molecular weight is 239 g/mol. The molecule has 0 bridgehead atoms. The van der Waals surface area contributed by atoms with Crippen LogP contribution in [-0.2, 0) is 17.6 Å². The second-order valence-corrected chi connectivity index (χ2v) is 4.45. The van der Waals surface area contributed by atoms with E-state index in [0.29, 0.717) is 18.6 Å². The Labute approximate surface area is 86.3 Å². The smallest absolute Gasteiger partial charge is 0.137 e. The molecule has 0 aliphatic heterocycles. The molecule has 0 fully saturated rings. The molecule has 0 N–H and O–H groups in total. The molecule has 1 aliphatic rings. The summed E-state index contributed by atoms with van der Waals surface area (Å²) >= 11 is 3.54. The van der Waals surface area contributed by atoms with Gasteiger partial charge in [0.05, 0.1) is 0 Å². The van der Waals surface area contributed by atoms with Crippen LogP contribution >= 0.6 is 15.9 Å². The molecule has 0 amide bonds. The van der Waals surface area contributed by atoms with Gasteiger partial charge in [-0.05, 0) is 36.1 Å². The summed E-state index contributed by atoms with van der Waals surface area (Å²) in [6.45, 7) is 2.06. The number of ketones is 1. The Morgan fingerprint density at radius 2 is 2.08 bits per heavy atom. The Balaban J connectivity index is 2.53. The Bertz CT molecular complexity index is 369. The van der Waals surface area contributed by atoms with Gasteiger partial charge in [-0.15, -0.1) is 0 Å². The van der Waals surface area contributed by atoms with Crippen LogP contribution in [0.25, 0.3) is 0 Å². The SMILES string of the molecule is Cc1cc(Br)c2c(c1)CC(=O)CC2. The van der Waals surface area contributed by atoms with Gasteiger partial charge in [0, 0.05) is 17.3 Å². The first-order valence-electron chi connectivity index (χ1n) is 4.46. The number of fused-ring (bicyclic) bond motifs is 1. The fourth-order valence-electron chi connectivity index (χ4n) is 1.85. The summed E-state index contributed by atoms with van der Waals surface area (Å²) < 4.78 is 1.16. The van der Waals surface area contributed by atoms with E-state index in [1.165, 1.54) is 16.7 Å². The van der Waals surface area contributed by atoms with Crippen molar-refractivity contribution in [3.63, 3.8) is 0 Å². The van der Waals surface area contributed by atoms with Gasteiger partial charge in [0.1, 0.15) is 5.78 Å². The van der Waals surface area contributed by atoms with Crippen molar-refractivity contribution in [2.45, 2.75) is 26.2 Å². The Kier molecular flexibility index (Phi) is 2.24. The molecule has 0 atom stereocenters. The minimum Gasteiger partial charge on any atom is -0.299 e. The highest BCUT2D eigenvalue weighted by molar-refractivity contribution is 9.10. The third-order valence-electron chi connectivity index (χ3n) is 2.47. The molecule has 13 heavy (non-hydrogen) atoms. The van der Waals surface area contributed by atoms with E-state index in [0.717, 1.165) is 10.9 Å². The minimum atomic E-state index is 0.366. The van der Waals surface area contributed by atoms with Crippen molar-refractivity contribution in [3.05, 3.63) is 33.3 Å². The molecule has 0 spiro atoms. The molecule has 0 unspecified atom stereocenters. The lowest BCUT2D eigenvalue weighted by molar-refractivity contribution is -0.118. The van der Waals surface area contributed by atoms with E-state index in [4.69, 9.17) is 0 Å². The van der Waals surface area contributed by atoms with Gasteiger partial charge in [-0.25, -0.2) is 0 Å². The summed E-state index contributed by atoms with van der Waals surface area (Å²) in [6, 6.07) is 4.24. The van der Waals surface area contributed by atoms with Crippen LogP contribution in [0.3, 0.4) is 0 Å². The van der Waals surface area contributed by atoms with Gasteiger partial charge in [0.2, 0.25) is 0 Å². The molecule has 68 valence electrons. The molecule has 0 aromatic heterocycles. The normalized spacial score (nSPS) is 15.7. The molecule has 1 aromatic rings. The number of halogens is 1. The highest BCUT2D eigenvalue weighted by atomic mass is 79.9. The number of benzene rings is 1. The number of hydrogen-bond acceptors (Lipinski definition) is 1. The third-order valence-corrected chi connectivity index (χ3v) is 3.18. The number of aryl methyl sites for hydroxylation is 1. The predicted octanol–water partition coefficient (Wildman–Crippen LogP) is 2.82. The maximum Gasteiger partial charge on any atom is 0.137 e. The fraction of sp³-hybridized carbons (Fsp3) is 0.364. The molecular formula is C11H11BrO. The van der Waals surface area contributed by atoms with E-state index >= 15 is 0 Å². The van der Waals surface area contributed by atoms with Gasteiger partial charge in [0.25, 0.3) is 0 Å². The Hall–Kier alpha value is -0.630. The first-order chi connectivity index (χ1) is 6.16. The summed E-state index contributed by atoms with van der Waals surface area (Å²) in [4.78, 5) is 11.2. The molecule has 0 saturated heterocycles. The van der Waals surface area contributed by atoms with Crippen LogP contribution < -0.4 is 0 Å². The monoisotopic (exact) mass is 238 g/mol. The molecule has 1 aromatic carbocycles. The van der Waals surface area contributed by atoms with E-state index in [-0.39, 0.29) is 0 Å². The van der Waals surface area contributed by atoms with Crippen LogP contribution in [0.15, 0.2) is 16.6 Å². The summed E-state index contributed by atoms with van der Waals surface area (Å²) in [5.41, 5.74) is 3.76. The number of carbonyl (C=O) groups excluding carboxylic acids is 1. The highest BCUT2D eigenvalue weighted by Crippen LogP contribution is 2.28. The third kappa shape index (κ3) is 1.68. The van der Waals surface area contributed by atoms with Crippen molar-refractivity contribution in [1.29, 1.82) is 0 Å². The van der Waals surface area contributed by atoms with Gasteiger partial charge >= 0.3 is 0 Å². The quantitative estimate of drug-likeness (QED) is 0.680. The number of carbonyl (C=O) groups is 1. The molecule has 0 radical (unpaired) electrons. The van der Waals surface area contributed by atoms with Crippen molar-refractivity contribution in [2.75, 3.05) is 0 Å². The molecule has 2 rings (SSSR count). The second kappa shape index (κ2) is 3.26. The summed E-state index contributed by atoms with van der Waals surface area (Å²) in [6.07, 6.45) is 2.22. The topological polar surface area (TPSA) is 17.1 Å². The number of hydrogen-bond donors (Lipinski definition) is 0. The maximum absolute atomic E-state index is 11.2. The zero-order chi connectivity index (χ0) is 9.42. The molecular weight excluding hydrogens is 228 g/mol. The van der Waals surface area contributed by atoms with E-state index in [1.54, 1.807) is 0 Å². The highest BCUT2D eigenvalue weighted by Gasteiger charge is 2.17. The molecule has 2 heteroatoms. The summed E-state index contributed by atoms with van der Waals surface area (Å²) in [5.74, 6) is 0.366. The van der Waals surface area contributed by atoms with Crippen molar-refractivity contribution in [1.82, 2.24) is 0 Å². The Morgan fingerprint density at radius 3 is 2.85 bits per heavy atom. The summed E-state index contributed by atoms with van der Waals surface area (Å²) in [7, 11) is 0. The standard InChI is InChI=1S/C11H11BrO/c1-7-4-8-6-9(13)2-3-10(8)11(12)5-7/h4-5H,2-3,6H2,1H3. The van der Waals surface area contributed by atoms with Gasteiger partial charge < -0.3 is 0 Å². The predicted molar refractivity (Wildman–Crippen MR) is 55.9 cm³/mol. The molecule has 0 saturated carbocycles. The Morgan fingerprint density at radius 1 is 1.31 bits per heavy atom. The van der Waals surface area contributed by atoms with E-state index in [9.17, 15) is 4.79 Å². The lowest BCUT2D eigenvalue weighted by Crippen LogP contribution is -2.13. The van der Waals surface area contributed by atoms with Gasteiger partial charge in [0.15, 0.2) is 0 Å².